The van der Waals surface area contributed by atoms with Crippen molar-refractivity contribution in [2.45, 2.75) is 98.3 Å². The van der Waals surface area contributed by atoms with Crippen LogP contribution in [0.3, 0.4) is 0 Å². The molecule has 176 valence electrons. The summed E-state index contributed by atoms with van der Waals surface area (Å²) < 4.78 is 0. The van der Waals surface area contributed by atoms with Crippen molar-refractivity contribution >= 4 is 0 Å². The minimum absolute atomic E-state index is 0. The predicted octanol–water partition coefficient (Wildman–Crippen LogP) is 6.76. The molecular formula is C31H51Li. The van der Waals surface area contributed by atoms with E-state index in [0.29, 0.717) is 0 Å². The van der Waals surface area contributed by atoms with Crippen LogP contribution in [0.4, 0.5) is 0 Å². The van der Waals surface area contributed by atoms with Gasteiger partial charge in [0.25, 0.3) is 0 Å². The molecule has 0 saturated heterocycles. The largest absolute Gasteiger partial charge is 1.00 e. The fraction of sp³-hybridized carbons (Fsp3) is 0.710. The Bertz CT molecular complexity index is 618. The van der Waals surface area contributed by atoms with Crippen LogP contribution in [-0.2, 0) is 0 Å². The summed E-state index contributed by atoms with van der Waals surface area (Å²) >= 11 is 0. The molecule has 2 saturated carbocycles. The molecular weight excluding hydrogens is 379 g/mol. The average molecular weight is 431 g/mol. The van der Waals surface area contributed by atoms with E-state index in [4.69, 9.17) is 0 Å². The fourth-order valence-electron chi connectivity index (χ4n) is 6.64. The van der Waals surface area contributed by atoms with E-state index < -0.39 is 0 Å². The molecule has 0 amide bonds. The van der Waals surface area contributed by atoms with Gasteiger partial charge < -0.3 is 7.43 Å². The van der Waals surface area contributed by atoms with Crippen LogP contribution in [-0.4, -0.2) is 0 Å². The third kappa shape index (κ3) is 8.10. The molecule has 0 aromatic carbocycles. The summed E-state index contributed by atoms with van der Waals surface area (Å²) in [6.07, 6.45) is 31.9. The summed E-state index contributed by atoms with van der Waals surface area (Å²) in [6.45, 7) is 9.30. The van der Waals surface area contributed by atoms with Gasteiger partial charge in [-0.25, -0.2) is 0 Å². The Hall–Kier alpha value is -0.443. The van der Waals surface area contributed by atoms with Gasteiger partial charge in [-0.3, -0.25) is 0 Å². The van der Waals surface area contributed by atoms with E-state index in [0.717, 1.165) is 41.4 Å². The molecule has 0 N–H and O–H groups in total. The van der Waals surface area contributed by atoms with Crippen LogP contribution in [0.5, 0.6) is 0 Å². The minimum Gasteiger partial charge on any atom is -0.358 e. The van der Waals surface area contributed by atoms with E-state index in [1.807, 2.05) is 0 Å². The van der Waals surface area contributed by atoms with Gasteiger partial charge in [-0.05, 0) is 67.1 Å². The van der Waals surface area contributed by atoms with E-state index in [-0.39, 0.29) is 26.3 Å². The third-order valence-corrected chi connectivity index (χ3v) is 8.56. The molecule has 0 spiro atoms. The molecule has 5 rings (SSSR count). The van der Waals surface area contributed by atoms with Gasteiger partial charge in [0.1, 0.15) is 0 Å². The van der Waals surface area contributed by atoms with Gasteiger partial charge in [0, 0.05) is 0 Å². The molecule has 0 nitrogen and oxygen atoms in total. The molecule has 0 aliphatic heterocycles. The Morgan fingerprint density at radius 2 is 1.59 bits per heavy atom. The predicted molar refractivity (Wildman–Crippen MR) is 140 cm³/mol. The second kappa shape index (κ2) is 15.5. The smallest absolute Gasteiger partial charge is 0.358 e. The third-order valence-electron chi connectivity index (χ3n) is 8.56. The van der Waals surface area contributed by atoms with Crippen LogP contribution in [0.1, 0.15) is 98.3 Å². The number of allylic oxidation sites excluding steroid dienone is 8. The zero-order chi connectivity index (χ0) is 21.3. The molecule has 0 heterocycles. The van der Waals surface area contributed by atoms with Crippen molar-refractivity contribution in [3.05, 3.63) is 55.5 Å². The number of fused-ring (bicyclic) bond motifs is 5. The Morgan fingerprint density at radius 1 is 0.906 bits per heavy atom. The SMILES string of the molecule is C1=CC2C3C=CC(C3)C2C1.CCCC(C)C1=CC=CC1.CCCC(C)C1CCCC1.[CH3-].[Li+]. The quantitative estimate of drug-likeness (QED) is 0.248. The van der Waals surface area contributed by atoms with E-state index in [1.54, 1.807) is 5.57 Å². The summed E-state index contributed by atoms with van der Waals surface area (Å²) in [6, 6.07) is 0. The van der Waals surface area contributed by atoms with Crippen LogP contribution in [0.2, 0.25) is 0 Å². The second-order valence-electron chi connectivity index (χ2n) is 10.7. The van der Waals surface area contributed by atoms with Crippen molar-refractivity contribution in [3.8, 4) is 0 Å². The Balaban J connectivity index is 0.000000233. The molecule has 2 fully saturated rings. The summed E-state index contributed by atoms with van der Waals surface area (Å²) in [4.78, 5) is 0. The first-order valence-corrected chi connectivity index (χ1v) is 13.3. The summed E-state index contributed by atoms with van der Waals surface area (Å²) in [7, 11) is 0. The topological polar surface area (TPSA) is 0 Å². The van der Waals surface area contributed by atoms with Gasteiger partial charge in [-0.2, -0.15) is 0 Å². The van der Waals surface area contributed by atoms with E-state index in [2.05, 4.69) is 70.2 Å². The molecule has 6 unspecified atom stereocenters. The second-order valence-corrected chi connectivity index (χ2v) is 10.7. The van der Waals surface area contributed by atoms with Gasteiger partial charge >= 0.3 is 18.9 Å². The van der Waals surface area contributed by atoms with Crippen LogP contribution in [0, 0.1) is 48.9 Å². The zero-order valence-electron chi connectivity index (χ0n) is 22.4. The maximum atomic E-state index is 2.44. The van der Waals surface area contributed by atoms with Gasteiger partial charge in [0.2, 0.25) is 0 Å². The van der Waals surface area contributed by atoms with Crippen molar-refractivity contribution in [2.24, 2.45) is 41.4 Å². The first kappa shape index (κ1) is 29.6. The molecule has 6 atom stereocenters. The summed E-state index contributed by atoms with van der Waals surface area (Å²) in [5.74, 6) is 6.72. The molecule has 5 aliphatic rings. The van der Waals surface area contributed by atoms with Crippen molar-refractivity contribution < 1.29 is 18.9 Å². The van der Waals surface area contributed by atoms with Crippen molar-refractivity contribution in [2.75, 3.05) is 0 Å². The molecule has 1 heteroatoms. The van der Waals surface area contributed by atoms with Gasteiger partial charge in [-0.15, -0.1) is 0 Å². The van der Waals surface area contributed by atoms with E-state index >= 15 is 0 Å². The molecule has 2 bridgehead atoms. The molecule has 0 aromatic rings. The Kier molecular flexibility index (Phi) is 14.3. The van der Waals surface area contributed by atoms with Gasteiger partial charge in [0.15, 0.2) is 0 Å². The number of hydrogen-bond donors (Lipinski definition) is 0. The van der Waals surface area contributed by atoms with E-state index in [9.17, 15) is 0 Å². The van der Waals surface area contributed by atoms with Crippen molar-refractivity contribution in [1.29, 1.82) is 0 Å². The maximum absolute atomic E-state index is 2.44. The normalized spacial score (nSPS) is 30.3. The number of hydrogen-bond acceptors (Lipinski definition) is 0. The number of rotatable bonds is 6. The minimum atomic E-state index is 0. The zero-order valence-corrected chi connectivity index (χ0v) is 22.4. The first-order valence-electron chi connectivity index (χ1n) is 13.3. The average Bonchev–Trinajstić information content (AvgIpc) is 3.56. The maximum Gasteiger partial charge on any atom is 1.00 e. The van der Waals surface area contributed by atoms with Crippen LogP contribution < -0.4 is 18.9 Å². The standard InChI is InChI=1S/C10H12.C10H20.C10H16.CH3.Li/c1-2-9-7-4-5-8(6-7)10(9)3-1;2*1-3-6-9(2)10-7-4-5-8-10;;/h1-2,4-5,7-10H,3,6H2;9-10H,3-8H2,1-2H3;4-5,7,9H,3,6,8H2,1-2H3;1H3;/q;;;-1;+1. The Morgan fingerprint density at radius 3 is 2.19 bits per heavy atom. The van der Waals surface area contributed by atoms with Crippen LogP contribution in [0.15, 0.2) is 48.1 Å². The van der Waals surface area contributed by atoms with Crippen LogP contribution in [0.25, 0.3) is 0 Å². The Labute approximate surface area is 213 Å². The van der Waals surface area contributed by atoms with Gasteiger partial charge in [0.05, 0.1) is 0 Å². The summed E-state index contributed by atoms with van der Waals surface area (Å²) in [5, 5.41) is 0. The summed E-state index contributed by atoms with van der Waals surface area (Å²) in [5.41, 5.74) is 1.61. The molecule has 32 heavy (non-hydrogen) atoms. The van der Waals surface area contributed by atoms with Crippen molar-refractivity contribution in [1.82, 2.24) is 0 Å². The van der Waals surface area contributed by atoms with Crippen LogP contribution >= 0.6 is 0 Å². The van der Waals surface area contributed by atoms with E-state index in [1.165, 1.54) is 70.6 Å². The molecule has 0 aromatic heterocycles. The van der Waals surface area contributed by atoms with Gasteiger partial charge in [-0.1, -0.05) is 121 Å². The fourth-order valence-corrected chi connectivity index (χ4v) is 6.64. The monoisotopic (exact) mass is 430 g/mol. The van der Waals surface area contributed by atoms with Crippen molar-refractivity contribution in [3.63, 3.8) is 0 Å². The first-order chi connectivity index (χ1) is 14.6. The molecule has 5 aliphatic carbocycles. The molecule has 0 radical (unpaired) electrons.